The molecule has 1 aliphatic carbocycles. The molecule has 0 radical (unpaired) electrons. The van der Waals surface area contributed by atoms with Crippen molar-refractivity contribution in [1.82, 2.24) is 0 Å². The maximum atomic E-state index is 11.7. The van der Waals surface area contributed by atoms with E-state index in [1.165, 1.54) is 0 Å². The molecule has 0 amide bonds. The SMILES string of the molecule is O=C(CS(=O)c1ccccc1)C1CC1. The summed E-state index contributed by atoms with van der Waals surface area (Å²) < 4.78 is 11.7. The number of ketones is 1. The van der Waals surface area contributed by atoms with Crippen LogP contribution in [0.3, 0.4) is 0 Å². The summed E-state index contributed by atoms with van der Waals surface area (Å²) in [5.74, 6) is 0.559. The second kappa shape index (κ2) is 4.05. The summed E-state index contributed by atoms with van der Waals surface area (Å²) in [6, 6.07) is 9.17. The summed E-state index contributed by atoms with van der Waals surface area (Å²) in [5.41, 5.74) is 0. The Morgan fingerprint density at radius 1 is 1.29 bits per heavy atom. The van der Waals surface area contributed by atoms with E-state index in [0.717, 1.165) is 17.7 Å². The van der Waals surface area contributed by atoms with Gasteiger partial charge in [0.1, 0.15) is 5.78 Å². The summed E-state index contributed by atoms with van der Waals surface area (Å²) in [6.07, 6.45) is 1.98. The van der Waals surface area contributed by atoms with E-state index in [9.17, 15) is 9.00 Å². The Morgan fingerprint density at radius 3 is 2.50 bits per heavy atom. The van der Waals surface area contributed by atoms with Crippen molar-refractivity contribution in [1.29, 1.82) is 0 Å². The molecule has 1 saturated carbocycles. The molecule has 0 N–H and O–H groups in total. The van der Waals surface area contributed by atoms with Gasteiger partial charge in [0.2, 0.25) is 0 Å². The summed E-state index contributed by atoms with van der Waals surface area (Å²) >= 11 is 0. The second-order valence-corrected chi connectivity index (χ2v) is 4.99. The molecule has 1 aromatic rings. The molecule has 0 bridgehead atoms. The highest BCUT2D eigenvalue weighted by Gasteiger charge is 2.30. The van der Waals surface area contributed by atoms with Crippen molar-refractivity contribution in [2.75, 3.05) is 5.75 Å². The zero-order chi connectivity index (χ0) is 9.97. The van der Waals surface area contributed by atoms with Crippen LogP contribution in [-0.4, -0.2) is 15.7 Å². The number of Topliss-reactive ketones (excluding diaryl/α,β-unsaturated/α-hetero) is 1. The number of hydrogen-bond acceptors (Lipinski definition) is 2. The summed E-state index contributed by atoms with van der Waals surface area (Å²) in [7, 11) is -1.14. The number of carbonyl (C=O) groups is 1. The first-order chi connectivity index (χ1) is 6.77. The van der Waals surface area contributed by atoms with Gasteiger partial charge >= 0.3 is 0 Å². The largest absolute Gasteiger partial charge is 0.298 e. The molecule has 1 aromatic carbocycles. The lowest BCUT2D eigenvalue weighted by molar-refractivity contribution is -0.117. The van der Waals surface area contributed by atoms with Crippen LogP contribution < -0.4 is 0 Å². The van der Waals surface area contributed by atoms with E-state index in [-0.39, 0.29) is 17.5 Å². The van der Waals surface area contributed by atoms with Crippen molar-refractivity contribution in [3.8, 4) is 0 Å². The predicted octanol–water partition coefficient (Wildman–Crippen LogP) is 1.77. The van der Waals surface area contributed by atoms with Crippen LogP contribution in [0.4, 0.5) is 0 Å². The van der Waals surface area contributed by atoms with Gasteiger partial charge in [-0.3, -0.25) is 9.00 Å². The Labute approximate surface area is 85.8 Å². The highest BCUT2D eigenvalue weighted by Crippen LogP contribution is 2.30. The standard InChI is InChI=1S/C11H12O2S/c12-11(9-6-7-9)8-14(13)10-4-2-1-3-5-10/h1-5,9H,6-8H2. The Bertz CT molecular complexity index is 355. The van der Waals surface area contributed by atoms with E-state index in [0.29, 0.717) is 0 Å². The number of carbonyl (C=O) groups excluding carboxylic acids is 1. The molecule has 0 aromatic heterocycles. The Kier molecular flexibility index (Phi) is 2.77. The average Bonchev–Trinajstić information content (AvgIpc) is 3.02. The molecule has 1 fully saturated rings. The minimum Gasteiger partial charge on any atom is -0.298 e. The second-order valence-electron chi connectivity index (χ2n) is 3.54. The third-order valence-corrected chi connectivity index (χ3v) is 3.66. The van der Waals surface area contributed by atoms with E-state index >= 15 is 0 Å². The summed E-state index contributed by atoms with van der Waals surface area (Å²) in [6.45, 7) is 0. The van der Waals surface area contributed by atoms with Gasteiger partial charge in [-0.2, -0.15) is 0 Å². The van der Waals surface area contributed by atoms with Gasteiger partial charge in [0, 0.05) is 10.8 Å². The maximum Gasteiger partial charge on any atom is 0.148 e. The maximum absolute atomic E-state index is 11.7. The topological polar surface area (TPSA) is 34.1 Å². The van der Waals surface area contributed by atoms with Gasteiger partial charge in [-0.15, -0.1) is 0 Å². The van der Waals surface area contributed by atoms with Gasteiger partial charge < -0.3 is 0 Å². The zero-order valence-electron chi connectivity index (χ0n) is 7.81. The quantitative estimate of drug-likeness (QED) is 0.755. The fraction of sp³-hybridized carbons (Fsp3) is 0.364. The molecule has 74 valence electrons. The molecule has 2 rings (SSSR count). The lowest BCUT2D eigenvalue weighted by atomic mass is 10.3. The van der Waals surface area contributed by atoms with Crippen molar-refractivity contribution >= 4 is 16.6 Å². The highest BCUT2D eigenvalue weighted by atomic mass is 32.2. The van der Waals surface area contributed by atoms with Crippen molar-refractivity contribution in [3.05, 3.63) is 30.3 Å². The molecule has 2 nitrogen and oxygen atoms in total. The molecule has 0 aliphatic heterocycles. The third-order valence-electron chi connectivity index (χ3n) is 2.31. The molecular formula is C11H12O2S. The van der Waals surface area contributed by atoms with Crippen molar-refractivity contribution in [2.45, 2.75) is 17.7 Å². The van der Waals surface area contributed by atoms with E-state index < -0.39 is 10.8 Å². The Hall–Kier alpha value is -0.960. The monoisotopic (exact) mass is 208 g/mol. The normalized spacial score (nSPS) is 17.7. The zero-order valence-corrected chi connectivity index (χ0v) is 8.63. The molecule has 0 saturated heterocycles. The van der Waals surface area contributed by atoms with Crippen molar-refractivity contribution in [2.24, 2.45) is 5.92 Å². The van der Waals surface area contributed by atoms with Crippen molar-refractivity contribution < 1.29 is 9.00 Å². The van der Waals surface area contributed by atoms with E-state index in [1.807, 2.05) is 18.2 Å². The van der Waals surface area contributed by atoms with E-state index in [1.54, 1.807) is 12.1 Å². The van der Waals surface area contributed by atoms with Gasteiger partial charge in [-0.1, -0.05) is 18.2 Å². The van der Waals surface area contributed by atoms with Crippen LogP contribution >= 0.6 is 0 Å². The molecule has 0 heterocycles. The molecular weight excluding hydrogens is 196 g/mol. The molecule has 1 aliphatic rings. The van der Waals surface area contributed by atoms with Crippen LogP contribution in [0.5, 0.6) is 0 Å². The first kappa shape index (κ1) is 9.59. The van der Waals surface area contributed by atoms with Crippen LogP contribution in [0.15, 0.2) is 35.2 Å². The average molecular weight is 208 g/mol. The third kappa shape index (κ3) is 2.29. The van der Waals surface area contributed by atoms with Crippen LogP contribution in [0.1, 0.15) is 12.8 Å². The predicted molar refractivity (Wildman–Crippen MR) is 55.4 cm³/mol. The summed E-state index contributed by atoms with van der Waals surface area (Å²) in [5, 5.41) is 0. The number of hydrogen-bond donors (Lipinski definition) is 0. The van der Waals surface area contributed by atoms with E-state index in [2.05, 4.69) is 0 Å². The van der Waals surface area contributed by atoms with Gasteiger partial charge in [0.05, 0.1) is 16.6 Å². The molecule has 3 heteroatoms. The molecule has 14 heavy (non-hydrogen) atoms. The first-order valence-electron chi connectivity index (χ1n) is 4.73. The number of rotatable bonds is 4. The molecule has 0 spiro atoms. The van der Waals surface area contributed by atoms with Crippen LogP contribution in [0, 0.1) is 5.92 Å². The van der Waals surface area contributed by atoms with Crippen LogP contribution in [0.25, 0.3) is 0 Å². The lowest BCUT2D eigenvalue weighted by Crippen LogP contribution is -2.12. The van der Waals surface area contributed by atoms with Crippen LogP contribution in [0.2, 0.25) is 0 Å². The Morgan fingerprint density at radius 2 is 1.93 bits per heavy atom. The lowest BCUT2D eigenvalue weighted by Gasteiger charge is -1.99. The summed E-state index contributed by atoms with van der Waals surface area (Å²) in [4.78, 5) is 12.1. The van der Waals surface area contributed by atoms with Gasteiger partial charge in [0.25, 0.3) is 0 Å². The number of benzene rings is 1. The molecule has 1 unspecified atom stereocenters. The fourth-order valence-electron chi connectivity index (χ4n) is 1.31. The minimum absolute atomic E-state index is 0.159. The minimum atomic E-state index is -1.14. The van der Waals surface area contributed by atoms with Gasteiger partial charge in [-0.25, -0.2) is 0 Å². The van der Waals surface area contributed by atoms with Gasteiger partial charge in [-0.05, 0) is 25.0 Å². The van der Waals surface area contributed by atoms with Gasteiger partial charge in [0.15, 0.2) is 0 Å². The van der Waals surface area contributed by atoms with E-state index in [4.69, 9.17) is 0 Å². The first-order valence-corrected chi connectivity index (χ1v) is 6.05. The van der Waals surface area contributed by atoms with Crippen molar-refractivity contribution in [3.63, 3.8) is 0 Å². The smallest absolute Gasteiger partial charge is 0.148 e. The fourth-order valence-corrected chi connectivity index (χ4v) is 2.43. The Balaban J connectivity index is 1.98. The highest BCUT2D eigenvalue weighted by molar-refractivity contribution is 7.85. The van der Waals surface area contributed by atoms with Crippen LogP contribution in [-0.2, 0) is 15.6 Å². The molecule has 1 atom stereocenters.